The van der Waals surface area contributed by atoms with Crippen molar-refractivity contribution in [3.05, 3.63) is 69.9 Å². The Morgan fingerprint density at radius 2 is 2.04 bits per heavy atom. The van der Waals surface area contributed by atoms with Crippen LogP contribution in [0.2, 0.25) is 5.02 Å². The number of aromatic carboxylic acids is 1. The number of rotatable bonds is 4. The molecule has 1 amide bonds. The number of hydrogen-bond acceptors (Lipinski definition) is 2. The van der Waals surface area contributed by atoms with Gasteiger partial charge in [0.2, 0.25) is 5.91 Å². The van der Waals surface area contributed by atoms with E-state index in [4.69, 9.17) is 11.6 Å². The largest absolute Gasteiger partial charge is 0.477 e. The Bertz CT molecular complexity index is 1040. The number of amides is 1. The molecule has 1 unspecified atom stereocenters. The van der Waals surface area contributed by atoms with Gasteiger partial charge in [0.05, 0.1) is 12.5 Å². The standard InChI is InChI=1S/C21H19ClN2O3/c22-13-8-9-18-15(10-13)16(20(24-18)21(26)27)11-19(25)23-17-7-3-5-12-4-1-2-6-14(12)17/h1-2,4,6,8-10,17,24H,3,5,7,11H2,(H,23,25)(H,26,27). The number of nitrogens with one attached hydrogen (secondary N) is 2. The number of aryl methyl sites for hydroxylation is 1. The number of carboxylic acid groups (broad SMARTS) is 1. The highest BCUT2D eigenvalue weighted by atomic mass is 35.5. The maximum absolute atomic E-state index is 12.7. The van der Waals surface area contributed by atoms with Gasteiger partial charge in [0, 0.05) is 21.5 Å². The number of aromatic amines is 1. The second-order valence-electron chi connectivity index (χ2n) is 6.86. The summed E-state index contributed by atoms with van der Waals surface area (Å²) in [5, 5.41) is 13.8. The van der Waals surface area contributed by atoms with Crippen LogP contribution in [0.25, 0.3) is 10.9 Å². The molecule has 1 heterocycles. The Morgan fingerprint density at radius 1 is 1.22 bits per heavy atom. The Hall–Kier alpha value is -2.79. The summed E-state index contributed by atoms with van der Waals surface area (Å²) in [4.78, 5) is 27.2. The fourth-order valence-electron chi connectivity index (χ4n) is 3.90. The van der Waals surface area contributed by atoms with Gasteiger partial charge in [-0.1, -0.05) is 35.9 Å². The van der Waals surface area contributed by atoms with Crippen molar-refractivity contribution in [3.8, 4) is 0 Å². The first kappa shape index (κ1) is 17.6. The highest BCUT2D eigenvalue weighted by molar-refractivity contribution is 6.31. The van der Waals surface area contributed by atoms with E-state index in [9.17, 15) is 14.7 Å². The minimum Gasteiger partial charge on any atom is -0.477 e. The molecule has 0 fully saturated rings. The zero-order chi connectivity index (χ0) is 19.0. The molecule has 1 aliphatic carbocycles. The van der Waals surface area contributed by atoms with Crippen LogP contribution < -0.4 is 5.32 Å². The number of halogens is 1. The minimum atomic E-state index is -1.09. The third-order valence-electron chi connectivity index (χ3n) is 5.12. The van der Waals surface area contributed by atoms with E-state index >= 15 is 0 Å². The van der Waals surface area contributed by atoms with Gasteiger partial charge >= 0.3 is 5.97 Å². The van der Waals surface area contributed by atoms with Crippen LogP contribution in [0.15, 0.2) is 42.5 Å². The molecule has 0 saturated heterocycles. The van der Waals surface area contributed by atoms with Gasteiger partial charge in [-0.05, 0) is 48.6 Å². The van der Waals surface area contributed by atoms with Gasteiger partial charge in [0.1, 0.15) is 5.69 Å². The van der Waals surface area contributed by atoms with Crippen LogP contribution in [-0.4, -0.2) is 22.0 Å². The van der Waals surface area contributed by atoms with Crippen molar-refractivity contribution in [1.82, 2.24) is 10.3 Å². The second-order valence-corrected chi connectivity index (χ2v) is 7.30. The molecule has 0 saturated carbocycles. The van der Waals surface area contributed by atoms with Crippen molar-refractivity contribution in [2.75, 3.05) is 0 Å². The molecular formula is C21H19ClN2O3. The summed E-state index contributed by atoms with van der Waals surface area (Å²) in [5.41, 5.74) is 3.56. The van der Waals surface area contributed by atoms with Crippen LogP contribution in [0.5, 0.6) is 0 Å². The molecule has 4 rings (SSSR count). The monoisotopic (exact) mass is 382 g/mol. The molecule has 3 aromatic rings. The number of carbonyl (C=O) groups excluding carboxylic acids is 1. The topological polar surface area (TPSA) is 82.2 Å². The highest BCUT2D eigenvalue weighted by Crippen LogP contribution is 2.30. The van der Waals surface area contributed by atoms with Gasteiger partial charge in [-0.25, -0.2) is 4.79 Å². The SMILES string of the molecule is O=C(Cc1c(C(=O)O)[nH]c2ccc(Cl)cc12)NC1CCCc2ccccc21. The van der Waals surface area contributed by atoms with E-state index in [1.165, 1.54) is 5.56 Å². The van der Waals surface area contributed by atoms with Crippen LogP contribution >= 0.6 is 11.6 Å². The smallest absolute Gasteiger partial charge is 0.352 e. The Kier molecular flexibility index (Phi) is 4.62. The summed E-state index contributed by atoms with van der Waals surface area (Å²) in [6, 6.07) is 13.2. The van der Waals surface area contributed by atoms with Crippen molar-refractivity contribution in [1.29, 1.82) is 0 Å². The number of carboxylic acids is 1. The number of fused-ring (bicyclic) bond motifs is 2. The Balaban J connectivity index is 1.61. The first-order valence-corrected chi connectivity index (χ1v) is 9.31. The first-order valence-electron chi connectivity index (χ1n) is 8.93. The van der Waals surface area contributed by atoms with Gasteiger partial charge in [-0.15, -0.1) is 0 Å². The Morgan fingerprint density at radius 3 is 2.85 bits per heavy atom. The van der Waals surface area contributed by atoms with Crippen molar-refractivity contribution >= 4 is 34.4 Å². The lowest BCUT2D eigenvalue weighted by molar-refractivity contribution is -0.121. The summed E-state index contributed by atoms with van der Waals surface area (Å²) >= 11 is 6.07. The average Bonchev–Trinajstić information content (AvgIpc) is 3.00. The van der Waals surface area contributed by atoms with Crippen LogP contribution in [0.1, 0.15) is 46.1 Å². The number of benzene rings is 2. The number of hydrogen-bond donors (Lipinski definition) is 3. The minimum absolute atomic E-state index is 0.0133. The number of H-pyrrole nitrogens is 1. The van der Waals surface area contributed by atoms with Crippen LogP contribution in [0, 0.1) is 0 Å². The molecule has 5 nitrogen and oxygen atoms in total. The van der Waals surface area contributed by atoms with E-state index in [1.54, 1.807) is 18.2 Å². The molecule has 1 aromatic heterocycles. The zero-order valence-electron chi connectivity index (χ0n) is 14.6. The molecule has 138 valence electrons. The summed E-state index contributed by atoms with van der Waals surface area (Å²) in [6.45, 7) is 0. The predicted octanol–water partition coefficient (Wildman–Crippen LogP) is 4.26. The third kappa shape index (κ3) is 3.43. The molecule has 6 heteroatoms. The lowest BCUT2D eigenvalue weighted by Gasteiger charge is -2.26. The number of aromatic nitrogens is 1. The van der Waals surface area contributed by atoms with Crippen LogP contribution in [0.3, 0.4) is 0 Å². The van der Waals surface area contributed by atoms with E-state index in [1.807, 2.05) is 18.2 Å². The van der Waals surface area contributed by atoms with Gasteiger partial charge in [0.15, 0.2) is 0 Å². The third-order valence-corrected chi connectivity index (χ3v) is 5.36. The van der Waals surface area contributed by atoms with Crippen molar-refractivity contribution in [2.45, 2.75) is 31.7 Å². The average molecular weight is 383 g/mol. The molecule has 2 aromatic carbocycles. The van der Waals surface area contributed by atoms with Crippen molar-refractivity contribution in [3.63, 3.8) is 0 Å². The molecule has 1 aliphatic rings. The summed E-state index contributed by atoms with van der Waals surface area (Å²) in [6.07, 6.45) is 2.91. The van der Waals surface area contributed by atoms with Gasteiger partial charge < -0.3 is 15.4 Å². The Labute approximate surface area is 161 Å². The van der Waals surface area contributed by atoms with E-state index < -0.39 is 5.97 Å². The molecule has 3 N–H and O–H groups in total. The highest BCUT2D eigenvalue weighted by Gasteiger charge is 2.24. The van der Waals surface area contributed by atoms with E-state index in [0.29, 0.717) is 21.5 Å². The predicted molar refractivity (Wildman–Crippen MR) is 104 cm³/mol. The van der Waals surface area contributed by atoms with Crippen molar-refractivity contribution < 1.29 is 14.7 Å². The number of carbonyl (C=O) groups is 2. The molecule has 27 heavy (non-hydrogen) atoms. The van der Waals surface area contributed by atoms with Crippen LogP contribution in [0.4, 0.5) is 0 Å². The molecule has 0 aliphatic heterocycles. The van der Waals surface area contributed by atoms with Crippen molar-refractivity contribution in [2.24, 2.45) is 0 Å². The van der Waals surface area contributed by atoms with E-state index in [-0.39, 0.29) is 24.1 Å². The van der Waals surface area contributed by atoms with Gasteiger partial charge in [-0.2, -0.15) is 0 Å². The maximum atomic E-state index is 12.7. The quantitative estimate of drug-likeness (QED) is 0.630. The van der Waals surface area contributed by atoms with Gasteiger partial charge in [-0.3, -0.25) is 4.79 Å². The molecular weight excluding hydrogens is 364 g/mol. The van der Waals surface area contributed by atoms with E-state index in [0.717, 1.165) is 24.8 Å². The molecule has 0 spiro atoms. The fourth-order valence-corrected chi connectivity index (χ4v) is 4.07. The lowest BCUT2D eigenvalue weighted by Crippen LogP contribution is -2.32. The summed E-state index contributed by atoms with van der Waals surface area (Å²) in [7, 11) is 0. The van der Waals surface area contributed by atoms with Crippen LogP contribution in [-0.2, 0) is 17.6 Å². The zero-order valence-corrected chi connectivity index (χ0v) is 15.3. The lowest BCUT2D eigenvalue weighted by atomic mass is 9.87. The molecule has 0 bridgehead atoms. The van der Waals surface area contributed by atoms with E-state index in [2.05, 4.69) is 16.4 Å². The first-order chi connectivity index (χ1) is 13.0. The molecule has 1 atom stereocenters. The van der Waals surface area contributed by atoms with Gasteiger partial charge in [0.25, 0.3) is 0 Å². The maximum Gasteiger partial charge on any atom is 0.352 e. The second kappa shape index (κ2) is 7.08. The fraction of sp³-hybridized carbons (Fsp3) is 0.238. The molecule has 0 radical (unpaired) electrons. The summed E-state index contributed by atoms with van der Waals surface area (Å²) in [5.74, 6) is -1.28. The summed E-state index contributed by atoms with van der Waals surface area (Å²) < 4.78 is 0. The normalized spacial score (nSPS) is 16.1.